The fraction of sp³-hybridized carbons (Fsp3) is 0.250. The van der Waals surface area contributed by atoms with Crippen molar-refractivity contribution in [2.24, 2.45) is 0 Å². The van der Waals surface area contributed by atoms with E-state index in [9.17, 15) is 0 Å². The Bertz CT molecular complexity index is 823. The molecule has 0 amide bonds. The highest BCUT2D eigenvalue weighted by atomic mass is 15.3. The van der Waals surface area contributed by atoms with Gasteiger partial charge in [-0.1, -0.05) is 30.3 Å². The Labute approximate surface area is 142 Å². The summed E-state index contributed by atoms with van der Waals surface area (Å²) in [4.78, 5) is 9.35. The van der Waals surface area contributed by atoms with Gasteiger partial charge in [-0.15, -0.1) is 0 Å². The van der Waals surface area contributed by atoms with Crippen LogP contribution in [0, 0.1) is 0 Å². The average molecular weight is 318 g/mol. The summed E-state index contributed by atoms with van der Waals surface area (Å²) in [5.74, 6) is 0.574. The van der Waals surface area contributed by atoms with E-state index in [-0.39, 0.29) is 0 Å². The van der Waals surface area contributed by atoms with Crippen molar-refractivity contribution in [1.82, 2.24) is 9.88 Å². The first-order valence-corrected chi connectivity index (χ1v) is 8.45. The number of benzene rings is 2. The first kappa shape index (κ1) is 15.0. The second-order valence-electron chi connectivity index (χ2n) is 6.36. The summed E-state index contributed by atoms with van der Waals surface area (Å²) in [6.45, 7) is 5.33. The molecule has 122 valence electrons. The molecule has 2 N–H and O–H groups in total. The topological polar surface area (TPSA) is 45.4 Å². The number of pyridine rings is 1. The van der Waals surface area contributed by atoms with E-state index in [1.807, 2.05) is 12.1 Å². The van der Waals surface area contributed by atoms with Crippen LogP contribution in [0.15, 0.2) is 60.7 Å². The maximum absolute atomic E-state index is 5.76. The molecule has 1 aliphatic heterocycles. The summed E-state index contributed by atoms with van der Waals surface area (Å²) in [5, 5.41) is 1.15. The largest absolute Gasteiger partial charge is 0.384 e. The molecule has 2 aromatic carbocycles. The third-order valence-corrected chi connectivity index (χ3v) is 4.68. The number of hydrogen-bond acceptors (Lipinski definition) is 4. The van der Waals surface area contributed by atoms with Gasteiger partial charge in [0, 0.05) is 43.8 Å². The molecule has 1 fully saturated rings. The van der Waals surface area contributed by atoms with Crippen LogP contribution in [-0.4, -0.2) is 36.1 Å². The molecule has 4 nitrogen and oxygen atoms in total. The van der Waals surface area contributed by atoms with E-state index in [4.69, 9.17) is 5.73 Å². The van der Waals surface area contributed by atoms with Gasteiger partial charge in [0.05, 0.1) is 5.52 Å². The number of aromatic nitrogens is 1. The number of fused-ring (bicyclic) bond motifs is 1. The summed E-state index contributed by atoms with van der Waals surface area (Å²) in [6, 6.07) is 21.1. The summed E-state index contributed by atoms with van der Waals surface area (Å²) < 4.78 is 0. The Morgan fingerprint density at radius 3 is 2.46 bits per heavy atom. The minimum absolute atomic E-state index is 0.574. The lowest BCUT2D eigenvalue weighted by atomic mass is 10.1. The van der Waals surface area contributed by atoms with Crippen molar-refractivity contribution in [2.45, 2.75) is 6.54 Å². The lowest BCUT2D eigenvalue weighted by molar-refractivity contribution is 0.250. The van der Waals surface area contributed by atoms with Gasteiger partial charge in [-0.05, 0) is 35.9 Å². The van der Waals surface area contributed by atoms with Crippen LogP contribution < -0.4 is 10.6 Å². The molecule has 0 atom stereocenters. The summed E-state index contributed by atoms with van der Waals surface area (Å²) in [6.07, 6.45) is 0. The quantitative estimate of drug-likeness (QED) is 0.806. The number of nitrogens with two attached hydrogens (primary N) is 1. The van der Waals surface area contributed by atoms with Gasteiger partial charge in [0.15, 0.2) is 0 Å². The van der Waals surface area contributed by atoms with E-state index in [0.29, 0.717) is 5.82 Å². The number of hydrogen-bond donors (Lipinski definition) is 1. The van der Waals surface area contributed by atoms with Crippen molar-refractivity contribution >= 4 is 22.4 Å². The average Bonchev–Trinajstić information content (AvgIpc) is 2.63. The van der Waals surface area contributed by atoms with Crippen LogP contribution in [0.25, 0.3) is 10.9 Å². The molecule has 0 bridgehead atoms. The van der Waals surface area contributed by atoms with Crippen LogP contribution in [0.4, 0.5) is 11.5 Å². The molecule has 0 spiro atoms. The van der Waals surface area contributed by atoms with Crippen LogP contribution >= 0.6 is 0 Å². The summed E-state index contributed by atoms with van der Waals surface area (Å²) in [5.41, 5.74) is 9.38. The molecule has 4 heteroatoms. The number of nitrogens with zero attached hydrogens (tertiary/aromatic N) is 3. The monoisotopic (exact) mass is 318 g/mol. The standard InChI is InChI=1S/C20H22N4/c21-20-9-6-17-14-18(7-8-19(17)22-20)24-12-10-23(11-13-24)15-16-4-2-1-3-5-16/h1-9,14H,10-13,15H2,(H2,21,22). The van der Waals surface area contributed by atoms with Crippen LogP contribution in [0.3, 0.4) is 0 Å². The van der Waals surface area contributed by atoms with Crippen molar-refractivity contribution < 1.29 is 0 Å². The van der Waals surface area contributed by atoms with Crippen LogP contribution in [0.1, 0.15) is 5.56 Å². The van der Waals surface area contributed by atoms with Crippen molar-refractivity contribution in [1.29, 1.82) is 0 Å². The molecule has 1 aromatic heterocycles. The first-order chi connectivity index (χ1) is 11.8. The number of piperazine rings is 1. The lowest BCUT2D eigenvalue weighted by Gasteiger charge is -2.36. The fourth-order valence-electron chi connectivity index (χ4n) is 3.33. The lowest BCUT2D eigenvalue weighted by Crippen LogP contribution is -2.45. The van der Waals surface area contributed by atoms with Crippen LogP contribution in [-0.2, 0) is 6.54 Å². The molecule has 1 saturated heterocycles. The van der Waals surface area contributed by atoms with Crippen molar-refractivity contribution in [3.63, 3.8) is 0 Å². The van der Waals surface area contributed by atoms with E-state index in [2.05, 4.69) is 63.3 Å². The molecular formula is C20H22N4. The molecule has 0 saturated carbocycles. The van der Waals surface area contributed by atoms with Crippen molar-refractivity contribution in [3.8, 4) is 0 Å². The third-order valence-electron chi connectivity index (χ3n) is 4.68. The third kappa shape index (κ3) is 3.19. The molecule has 2 heterocycles. The Hall–Kier alpha value is -2.59. The molecule has 0 radical (unpaired) electrons. The maximum Gasteiger partial charge on any atom is 0.124 e. The predicted molar refractivity (Wildman–Crippen MR) is 100 cm³/mol. The maximum atomic E-state index is 5.76. The Balaban J connectivity index is 1.43. The Morgan fingerprint density at radius 1 is 0.875 bits per heavy atom. The van der Waals surface area contributed by atoms with Gasteiger partial charge in [-0.25, -0.2) is 4.98 Å². The van der Waals surface area contributed by atoms with Gasteiger partial charge in [0.25, 0.3) is 0 Å². The highest BCUT2D eigenvalue weighted by Gasteiger charge is 2.17. The molecule has 24 heavy (non-hydrogen) atoms. The van der Waals surface area contributed by atoms with Crippen LogP contribution in [0.5, 0.6) is 0 Å². The molecule has 1 aliphatic rings. The number of rotatable bonds is 3. The van der Waals surface area contributed by atoms with E-state index in [0.717, 1.165) is 43.6 Å². The number of nitrogen functional groups attached to an aromatic ring is 1. The van der Waals surface area contributed by atoms with E-state index < -0.39 is 0 Å². The van der Waals surface area contributed by atoms with Gasteiger partial charge in [-0.3, -0.25) is 4.90 Å². The first-order valence-electron chi connectivity index (χ1n) is 8.45. The van der Waals surface area contributed by atoms with Gasteiger partial charge < -0.3 is 10.6 Å². The van der Waals surface area contributed by atoms with E-state index >= 15 is 0 Å². The van der Waals surface area contributed by atoms with Crippen molar-refractivity contribution in [3.05, 3.63) is 66.2 Å². The summed E-state index contributed by atoms with van der Waals surface area (Å²) >= 11 is 0. The SMILES string of the molecule is Nc1ccc2cc(N3CCN(Cc4ccccc4)CC3)ccc2n1. The van der Waals surface area contributed by atoms with Crippen molar-refractivity contribution in [2.75, 3.05) is 36.8 Å². The zero-order valence-electron chi connectivity index (χ0n) is 13.7. The van der Waals surface area contributed by atoms with Crippen LogP contribution in [0.2, 0.25) is 0 Å². The fourth-order valence-corrected chi connectivity index (χ4v) is 3.33. The van der Waals surface area contributed by atoms with E-state index in [1.165, 1.54) is 11.3 Å². The second-order valence-corrected chi connectivity index (χ2v) is 6.36. The predicted octanol–water partition coefficient (Wildman–Crippen LogP) is 3.14. The zero-order valence-corrected chi connectivity index (χ0v) is 13.7. The molecule has 3 aromatic rings. The number of anilines is 2. The Morgan fingerprint density at radius 2 is 1.67 bits per heavy atom. The molecule has 0 aliphatic carbocycles. The minimum atomic E-state index is 0.574. The Kier molecular flexibility index (Phi) is 4.05. The van der Waals surface area contributed by atoms with Gasteiger partial charge in [0.1, 0.15) is 5.82 Å². The van der Waals surface area contributed by atoms with Gasteiger partial charge in [-0.2, -0.15) is 0 Å². The smallest absolute Gasteiger partial charge is 0.124 e. The second kappa shape index (κ2) is 6.49. The van der Waals surface area contributed by atoms with Gasteiger partial charge in [0.2, 0.25) is 0 Å². The molecule has 0 unspecified atom stereocenters. The normalized spacial score (nSPS) is 15.8. The minimum Gasteiger partial charge on any atom is -0.384 e. The molecular weight excluding hydrogens is 296 g/mol. The molecule has 4 rings (SSSR count). The highest BCUT2D eigenvalue weighted by Crippen LogP contribution is 2.23. The summed E-state index contributed by atoms with van der Waals surface area (Å²) in [7, 11) is 0. The van der Waals surface area contributed by atoms with Gasteiger partial charge >= 0.3 is 0 Å². The zero-order chi connectivity index (χ0) is 16.4. The van der Waals surface area contributed by atoms with E-state index in [1.54, 1.807) is 0 Å². The highest BCUT2D eigenvalue weighted by molar-refractivity contribution is 5.83.